The van der Waals surface area contributed by atoms with Gasteiger partial charge in [-0.15, -0.1) is 0 Å². The first-order valence-electron chi connectivity index (χ1n) is 7.87. The molecule has 0 aromatic rings. The highest BCUT2D eigenvalue weighted by Crippen LogP contribution is 2.40. The number of hydrazine groups is 1. The van der Waals surface area contributed by atoms with Crippen LogP contribution < -0.4 is 0 Å². The molecule has 3 atom stereocenters. The van der Waals surface area contributed by atoms with E-state index in [4.69, 9.17) is 0 Å². The lowest BCUT2D eigenvalue weighted by Crippen LogP contribution is -2.40. The Kier molecular flexibility index (Phi) is 3.72. The number of hydrogen-bond donors (Lipinski definition) is 0. The van der Waals surface area contributed by atoms with Crippen LogP contribution in [0, 0.1) is 5.92 Å². The third-order valence-corrected chi connectivity index (χ3v) is 5.43. The van der Waals surface area contributed by atoms with Crippen molar-refractivity contribution < 1.29 is 0 Å². The van der Waals surface area contributed by atoms with Crippen molar-refractivity contribution in [3.05, 3.63) is 0 Å². The highest BCUT2D eigenvalue weighted by atomic mass is 15.7. The molecule has 0 amide bonds. The average molecular weight is 236 g/mol. The summed E-state index contributed by atoms with van der Waals surface area (Å²) in [6.45, 7) is 1.33. The van der Waals surface area contributed by atoms with Crippen molar-refractivity contribution in [3.8, 4) is 0 Å². The second-order valence-electron chi connectivity index (χ2n) is 6.38. The molecule has 2 nitrogen and oxygen atoms in total. The second kappa shape index (κ2) is 5.27. The standard InChI is InChI=1S/C15H28N2/c1-16-14-10-6-3-2-5-9-13(14)15-11-7-4-8-12-17(15)16/h13-15H,2-12H2,1H3. The summed E-state index contributed by atoms with van der Waals surface area (Å²) in [5.74, 6) is 0.985. The third-order valence-electron chi connectivity index (χ3n) is 5.43. The molecule has 0 aromatic carbocycles. The van der Waals surface area contributed by atoms with Gasteiger partial charge >= 0.3 is 0 Å². The first-order valence-corrected chi connectivity index (χ1v) is 7.87. The van der Waals surface area contributed by atoms with E-state index in [2.05, 4.69) is 17.1 Å². The van der Waals surface area contributed by atoms with E-state index >= 15 is 0 Å². The molecule has 2 heteroatoms. The monoisotopic (exact) mass is 236 g/mol. The van der Waals surface area contributed by atoms with Gasteiger partial charge in [-0.2, -0.15) is 0 Å². The van der Waals surface area contributed by atoms with Crippen LogP contribution in [0.15, 0.2) is 0 Å². The Bertz CT molecular complexity index is 253. The summed E-state index contributed by atoms with van der Waals surface area (Å²) in [4.78, 5) is 0. The maximum atomic E-state index is 2.74. The van der Waals surface area contributed by atoms with Crippen molar-refractivity contribution in [3.63, 3.8) is 0 Å². The minimum atomic E-state index is 0.874. The second-order valence-corrected chi connectivity index (χ2v) is 6.38. The fourth-order valence-corrected chi connectivity index (χ4v) is 4.54. The molecule has 2 aliphatic heterocycles. The molecule has 0 aromatic heterocycles. The van der Waals surface area contributed by atoms with Gasteiger partial charge in [0.1, 0.15) is 0 Å². The molecule has 2 heterocycles. The van der Waals surface area contributed by atoms with E-state index in [1.165, 1.54) is 70.8 Å². The van der Waals surface area contributed by atoms with E-state index in [1.807, 2.05) is 0 Å². The van der Waals surface area contributed by atoms with Crippen LogP contribution in [0.3, 0.4) is 0 Å². The van der Waals surface area contributed by atoms with Gasteiger partial charge < -0.3 is 0 Å². The van der Waals surface area contributed by atoms with E-state index in [0.29, 0.717) is 0 Å². The van der Waals surface area contributed by atoms with Gasteiger partial charge in [-0.25, -0.2) is 10.0 Å². The third kappa shape index (κ3) is 2.26. The molecular weight excluding hydrogens is 208 g/mol. The van der Waals surface area contributed by atoms with Gasteiger partial charge in [0.15, 0.2) is 0 Å². The summed E-state index contributed by atoms with van der Waals surface area (Å²) in [7, 11) is 2.37. The highest BCUT2D eigenvalue weighted by molar-refractivity contribution is 4.95. The molecule has 3 aliphatic rings. The normalized spacial score (nSPS) is 41.1. The molecule has 98 valence electrons. The first-order chi connectivity index (χ1) is 8.38. The number of hydrogen-bond acceptors (Lipinski definition) is 2. The van der Waals surface area contributed by atoms with Gasteiger partial charge in [0.25, 0.3) is 0 Å². The highest BCUT2D eigenvalue weighted by Gasteiger charge is 2.44. The van der Waals surface area contributed by atoms with Crippen LogP contribution in [0.2, 0.25) is 0 Å². The van der Waals surface area contributed by atoms with Gasteiger partial charge in [-0.3, -0.25) is 0 Å². The molecule has 0 N–H and O–H groups in total. The van der Waals surface area contributed by atoms with Crippen molar-refractivity contribution in [1.82, 2.24) is 10.0 Å². The lowest BCUT2D eigenvalue weighted by atomic mass is 9.82. The van der Waals surface area contributed by atoms with Crippen LogP contribution in [0.25, 0.3) is 0 Å². The maximum Gasteiger partial charge on any atom is 0.0289 e. The molecule has 2 saturated heterocycles. The van der Waals surface area contributed by atoms with Gasteiger partial charge in [-0.1, -0.05) is 38.5 Å². The fourth-order valence-electron chi connectivity index (χ4n) is 4.54. The molecule has 1 saturated carbocycles. The Balaban J connectivity index is 1.78. The van der Waals surface area contributed by atoms with Crippen LogP contribution in [0.4, 0.5) is 0 Å². The van der Waals surface area contributed by atoms with Crippen molar-refractivity contribution in [1.29, 1.82) is 0 Å². The maximum absolute atomic E-state index is 2.74. The number of nitrogens with zero attached hydrogens (tertiary/aromatic N) is 2. The van der Waals surface area contributed by atoms with Crippen molar-refractivity contribution in [2.24, 2.45) is 5.92 Å². The van der Waals surface area contributed by atoms with Gasteiger partial charge in [0.05, 0.1) is 0 Å². The smallest absolute Gasteiger partial charge is 0.0289 e. The zero-order chi connectivity index (χ0) is 11.7. The molecular formula is C15H28N2. The Labute approximate surface area is 106 Å². The molecule has 0 bridgehead atoms. The summed E-state index contributed by atoms with van der Waals surface area (Å²) in [5.41, 5.74) is 0. The fraction of sp³-hybridized carbons (Fsp3) is 1.00. The van der Waals surface area contributed by atoms with Crippen LogP contribution in [0.5, 0.6) is 0 Å². The Morgan fingerprint density at radius 3 is 2.18 bits per heavy atom. The molecule has 3 unspecified atom stereocenters. The van der Waals surface area contributed by atoms with Crippen molar-refractivity contribution in [2.75, 3.05) is 13.6 Å². The van der Waals surface area contributed by atoms with E-state index in [1.54, 1.807) is 0 Å². The molecule has 0 spiro atoms. The lowest BCUT2D eigenvalue weighted by Gasteiger charge is -2.30. The molecule has 17 heavy (non-hydrogen) atoms. The Morgan fingerprint density at radius 1 is 0.706 bits per heavy atom. The van der Waals surface area contributed by atoms with Crippen LogP contribution in [0.1, 0.15) is 64.2 Å². The quantitative estimate of drug-likeness (QED) is 0.636. The SMILES string of the molecule is CN1C2CCCCCCC2C2CCCCCN21. The van der Waals surface area contributed by atoms with Gasteiger partial charge in [0, 0.05) is 25.7 Å². The summed E-state index contributed by atoms with van der Waals surface area (Å²) in [5, 5.41) is 5.39. The predicted octanol–water partition coefficient (Wildman–Crippen LogP) is 3.43. The van der Waals surface area contributed by atoms with E-state index in [-0.39, 0.29) is 0 Å². The number of rotatable bonds is 0. The lowest BCUT2D eigenvalue weighted by molar-refractivity contribution is -0.00141. The summed E-state index contributed by atoms with van der Waals surface area (Å²) < 4.78 is 0. The minimum absolute atomic E-state index is 0.874. The van der Waals surface area contributed by atoms with Crippen LogP contribution >= 0.6 is 0 Å². The van der Waals surface area contributed by atoms with Crippen LogP contribution in [-0.4, -0.2) is 35.7 Å². The Hall–Kier alpha value is -0.0800. The minimum Gasteiger partial charge on any atom is -0.241 e. The Morgan fingerprint density at radius 2 is 1.35 bits per heavy atom. The number of fused-ring (bicyclic) bond motifs is 3. The van der Waals surface area contributed by atoms with E-state index in [0.717, 1.165) is 18.0 Å². The predicted molar refractivity (Wildman–Crippen MR) is 71.7 cm³/mol. The van der Waals surface area contributed by atoms with Gasteiger partial charge in [-0.05, 0) is 31.6 Å². The topological polar surface area (TPSA) is 6.48 Å². The average Bonchev–Trinajstić information content (AvgIpc) is 2.49. The largest absolute Gasteiger partial charge is 0.241 e. The molecule has 1 aliphatic carbocycles. The first kappa shape index (κ1) is 12.0. The summed E-state index contributed by atoms with van der Waals surface area (Å²) >= 11 is 0. The van der Waals surface area contributed by atoms with Crippen LogP contribution in [-0.2, 0) is 0 Å². The molecule has 3 fully saturated rings. The van der Waals surface area contributed by atoms with Crippen molar-refractivity contribution >= 4 is 0 Å². The summed E-state index contributed by atoms with van der Waals surface area (Å²) in [6.07, 6.45) is 14.7. The zero-order valence-electron chi connectivity index (χ0n) is 11.4. The summed E-state index contributed by atoms with van der Waals surface area (Å²) in [6, 6.07) is 1.77. The van der Waals surface area contributed by atoms with E-state index < -0.39 is 0 Å². The molecule has 0 radical (unpaired) electrons. The van der Waals surface area contributed by atoms with Gasteiger partial charge in [0.2, 0.25) is 0 Å². The zero-order valence-corrected chi connectivity index (χ0v) is 11.4. The van der Waals surface area contributed by atoms with E-state index in [9.17, 15) is 0 Å². The van der Waals surface area contributed by atoms with Crippen molar-refractivity contribution in [2.45, 2.75) is 76.3 Å². The molecule has 3 rings (SSSR count).